The number of alkyl halides is 2. The van der Waals surface area contributed by atoms with Crippen LogP contribution in [0.15, 0.2) is 30.3 Å². The lowest BCUT2D eigenvalue weighted by molar-refractivity contribution is -0.176. The normalized spacial score (nSPS) is 27.1. The number of benzene rings is 1. The Balaban J connectivity index is 1.75. The van der Waals surface area contributed by atoms with Gasteiger partial charge in [0.05, 0.1) is 12.9 Å². The molecule has 142 valence electrons. The minimum absolute atomic E-state index is 0.0680. The van der Waals surface area contributed by atoms with Gasteiger partial charge >= 0.3 is 5.97 Å². The number of carbonyl (C=O) groups is 1. The molecule has 5 nitrogen and oxygen atoms in total. The number of rotatable bonds is 6. The van der Waals surface area contributed by atoms with Crippen molar-refractivity contribution < 1.29 is 23.4 Å². The predicted molar refractivity (Wildman–Crippen MR) is 92.0 cm³/mol. The van der Waals surface area contributed by atoms with E-state index in [1.807, 2.05) is 4.90 Å². The zero-order valence-electron chi connectivity index (χ0n) is 14.5. The Morgan fingerprint density at radius 3 is 2.69 bits per heavy atom. The summed E-state index contributed by atoms with van der Waals surface area (Å²) in [4.78, 5) is 14.6. The first-order valence-electron chi connectivity index (χ1n) is 8.93. The van der Waals surface area contributed by atoms with E-state index in [2.05, 4.69) is 0 Å². The Bertz CT molecular complexity index is 655. The van der Waals surface area contributed by atoms with Crippen LogP contribution in [0.2, 0.25) is 0 Å². The van der Waals surface area contributed by atoms with Gasteiger partial charge in [0.15, 0.2) is 5.60 Å². The molecule has 1 aliphatic heterocycles. The van der Waals surface area contributed by atoms with Gasteiger partial charge in [0.25, 0.3) is 0 Å². The fourth-order valence-electron chi connectivity index (χ4n) is 3.94. The van der Waals surface area contributed by atoms with Gasteiger partial charge < -0.3 is 14.7 Å². The van der Waals surface area contributed by atoms with Gasteiger partial charge in [0.1, 0.15) is 0 Å². The summed E-state index contributed by atoms with van der Waals surface area (Å²) in [7, 11) is 0. The van der Waals surface area contributed by atoms with Gasteiger partial charge in [-0.1, -0.05) is 30.3 Å². The molecule has 1 saturated carbocycles. The van der Waals surface area contributed by atoms with Gasteiger partial charge in [-0.15, -0.1) is 0 Å². The first kappa shape index (κ1) is 18.8. The molecule has 1 saturated heterocycles. The van der Waals surface area contributed by atoms with Gasteiger partial charge in [0, 0.05) is 37.8 Å². The maximum absolute atomic E-state index is 13.7. The molecule has 3 rings (SSSR count). The number of hydrogen-bond donors (Lipinski definition) is 2. The molecule has 2 aliphatic rings. The van der Waals surface area contributed by atoms with Crippen LogP contribution in [0.25, 0.3) is 0 Å². The van der Waals surface area contributed by atoms with Crippen LogP contribution in [0, 0.1) is 17.2 Å². The van der Waals surface area contributed by atoms with Crippen molar-refractivity contribution in [1.82, 2.24) is 4.90 Å². The van der Waals surface area contributed by atoms with Crippen LogP contribution >= 0.6 is 0 Å². The Labute approximate surface area is 151 Å². The molecule has 2 N–H and O–H groups in total. The van der Waals surface area contributed by atoms with Crippen molar-refractivity contribution in [1.29, 1.82) is 5.41 Å². The highest BCUT2D eigenvalue weighted by Crippen LogP contribution is 2.47. The maximum atomic E-state index is 13.7. The van der Waals surface area contributed by atoms with Crippen LogP contribution in [0.1, 0.15) is 31.2 Å². The molecule has 0 bridgehead atoms. The SMILES string of the molecule is N=CN1CC[C@H](COC(=O)[C@](O)(c2ccccc2)[C@@H]2CCC(F)(F)C2)C1. The van der Waals surface area contributed by atoms with Crippen molar-refractivity contribution in [2.24, 2.45) is 11.8 Å². The summed E-state index contributed by atoms with van der Waals surface area (Å²) in [5.74, 6) is -4.54. The van der Waals surface area contributed by atoms with E-state index in [1.54, 1.807) is 30.3 Å². The van der Waals surface area contributed by atoms with Gasteiger partial charge in [-0.05, 0) is 18.4 Å². The van der Waals surface area contributed by atoms with Crippen molar-refractivity contribution in [2.75, 3.05) is 19.7 Å². The van der Waals surface area contributed by atoms with Crippen molar-refractivity contribution in [3.63, 3.8) is 0 Å². The van der Waals surface area contributed by atoms with Crippen LogP contribution in [-0.4, -0.2) is 47.9 Å². The fraction of sp³-hybridized carbons (Fsp3) is 0.579. The van der Waals surface area contributed by atoms with E-state index in [9.17, 15) is 18.7 Å². The van der Waals surface area contributed by atoms with Crippen molar-refractivity contribution in [3.8, 4) is 0 Å². The Morgan fingerprint density at radius 1 is 1.38 bits per heavy atom. The lowest BCUT2D eigenvalue weighted by Crippen LogP contribution is -2.44. The maximum Gasteiger partial charge on any atom is 0.343 e. The minimum Gasteiger partial charge on any atom is -0.463 e. The van der Waals surface area contributed by atoms with E-state index in [-0.39, 0.29) is 25.4 Å². The zero-order valence-corrected chi connectivity index (χ0v) is 14.5. The molecular weight excluding hydrogens is 342 g/mol. The predicted octanol–water partition coefficient (Wildman–Crippen LogP) is 2.78. The van der Waals surface area contributed by atoms with E-state index in [0.717, 1.165) is 13.0 Å². The molecule has 1 aliphatic carbocycles. The molecule has 0 spiro atoms. The molecule has 1 aromatic carbocycles. The summed E-state index contributed by atoms with van der Waals surface area (Å²) in [6.07, 6.45) is 1.24. The molecule has 1 heterocycles. The monoisotopic (exact) mass is 366 g/mol. The van der Waals surface area contributed by atoms with E-state index < -0.39 is 29.8 Å². The first-order valence-corrected chi connectivity index (χ1v) is 8.93. The van der Waals surface area contributed by atoms with Gasteiger partial charge in [-0.2, -0.15) is 0 Å². The number of carbonyl (C=O) groups excluding carboxylic acids is 1. The van der Waals surface area contributed by atoms with Crippen molar-refractivity contribution in [3.05, 3.63) is 35.9 Å². The number of likely N-dealkylation sites (tertiary alicyclic amines) is 1. The number of aliphatic hydroxyl groups is 1. The Morgan fingerprint density at radius 2 is 2.12 bits per heavy atom. The highest BCUT2D eigenvalue weighted by Gasteiger charge is 2.54. The number of ether oxygens (including phenoxy) is 1. The van der Waals surface area contributed by atoms with E-state index in [4.69, 9.17) is 10.1 Å². The van der Waals surface area contributed by atoms with Crippen molar-refractivity contribution in [2.45, 2.75) is 37.2 Å². The quantitative estimate of drug-likeness (QED) is 0.461. The molecular formula is C19H24F2N2O3. The number of hydrogen-bond acceptors (Lipinski definition) is 4. The third-order valence-electron chi connectivity index (χ3n) is 5.47. The summed E-state index contributed by atoms with van der Waals surface area (Å²) in [5, 5.41) is 18.5. The first-order chi connectivity index (χ1) is 12.3. The number of esters is 1. The van der Waals surface area contributed by atoms with Gasteiger partial charge in [0.2, 0.25) is 5.92 Å². The molecule has 0 radical (unpaired) electrons. The summed E-state index contributed by atoms with van der Waals surface area (Å²) in [5.41, 5.74) is -1.78. The molecule has 1 aromatic rings. The molecule has 0 unspecified atom stereocenters. The second-order valence-electron chi connectivity index (χ2n) is 7.31. The summed E-state index contributed by atoms with van der Waals surface area (Å²) in [6, 6.07) is 8.22. The highest BCUT2D eigenvalue weighted by molar-refractivity contribution is 5.81. The van der Waals surface area contributed by atoms with E-state index >= 15 is 0 Å². The lowest BCUT2D eigenvalue weighted by Gasteiger charge is -2.32. The number of nitrogens with zero attached hydrogens (tertiary/aromatic N) is 1. The van der Waals surface area contributed by atoms with Gasteiger partial charge in [-0.25, -0.2) is 13.6 Å². The third kappa shape index (κ3) is 3.72. The minimum atomic E-state index is -2.87. The van der Waals surface area contributed by atoms with Crippen LogP contribution in [0.5, 0.6) is 0 Å². The number of halogens is 2. The van der Waals surface area contributed by atoms with E-state index in [0.29, 0.717) is 12.1 Å². The summed E-state index contributed by atoms with van der Waals surface area (Å²) >= 11 is 0. The topological polar surface area (TPSA) is 73.6 Å². The van der Waals surface area contributed by atoms with E-state index in [1.165, 1.54) is 6.34 Å². The molecule has 7 heteroatoms. The van der Waals surface area contributed by atoms with Crippen LogP contribution in [0.4, 0.5) is 8.78 Å². The summed E-state index contributed by atoms with van der Waals surface area (Å²) < 4.78 is 32.8. The molecule has 26 heavy (non-hydrogen) atoms. The van der Waals surface area contributed by atoms with Crippen LogP contribution in [-0.2, 0) is 15.1 Å². The average molecular weight is 366 g/mol. The standard InChI is InChI=1S/C19H24F2N2O3/c20-18(21)8-6-16(10-18)19(25,15-4-2-1-3-5-15)17(24)26-12-14-7-9-23(11-14)13-22/h1-5,13-14,16,22,25H,6-12H2/t14-,16+,19-/m0/s1. The second kappa shape index (κ2) is 7.31. The zero-order chi connectivity index (χ0) is 18.8. The molecule has 0 aromatic heterocycles. The van der Waals surface area contributed by atoms with Crippen LogP contribution in [0.3, 0.4) is 0 Å². The Hall–Kier alpha value is -2.02. The second-order valence-corrected chi connectivity index (χ2v) is 7.31. The largest absolute Gasteiger partial charge is 0.463 e. The lowest BCUT2D eigenvalue weighted by atomic mass is 9.80. The smallest absolute Gasteiger partial charge is 0.343 e. The van der Waals surface area contributed by atoms with Gasteiger partial charge in [-0.3, -0.25) is 5.41 Å². The fourth-order valence-corrected chi connectivity index (χ4v) is 3.94. The molecule has 0 amide bonds. The number of nitrogens with one attached hydrogen (secondary N) is 1. The molecule has 3 atom stereocenters. The van der Waals surface area contributed by atoms with Crippen LogP contribution < -0.4 is 0 Å². The third-order valence-corrected chi connectivity index (χ3v) is 5.47. The Kier molecular flexibility index (Phi) is 5.27. The molecule has 2 fully saturated rings. The average Bonchev–Trinajstić information content (AvgIpc) is 3.25. The highest BCUT2D eigenvalue weighted by atomic mass is 19.3. The van der Waals surface area contributed by atoms with Crippen molar-refractivity contribution >= 4 is 12.3 Å². The summed E-state index contributed by atoms with van der Waals surface area (Å²) in [6.45, 7) is 1.45.